The summed E-state index contributed by atoms with van der Waals surface area (Å²) in [6.45, 7) is 2.59. The molecule has 2 amide bonds. The molecule has 0 aromatic heterocycles. The van der Waals surface area contributed by atoms with E-state index < -0.39 is 0 Å². The van der Waals surface area contributed by atoms with Crippen LogP contribution in [0, 0.1) is 6.92 Å². The predicted octanol–water partition coefficient (Wildman–Crippen LogP) is 7.62. The summed E-state index contributed by atoms with van der Waals surface area (Å²) in [5.74, 6) is 0.349. The second kappa shape index (κ2) is 9.98. The first-order valence-corrected chi connectivity index (χ1v) is 12.4. The maximum atomic E-state index is 13.2. The number of rotatable bonds is 6. The SMILES string of the molecule is Cc1cccc(CN2C(=O)S/C(=C\c3c(OCc4ccc(Cl)cc4)ccc4ccccc34)C2=O)c1. The van der Waals surface area contributed by atoms with Gasteiger partial charge in [0, 0.05) is 10.6 Å². The summed E-state index contributed by atoms with van der Waals surface area (Å²) in [7, 11) is 0. The molecule has 1 heterocycles. The van der Waals surface area contributed by atoms with E-state index in [1.54, 1.807) is 6.08 Å². The Bertz CT molecular complexity index is 1460. The van der Waals surface area contributed by atoms with Crippen LogP contribution < -0.4 is 4.74 Å². The zero-order valence-electron chi connectivity index (χ0n) is 19.0. The van der Waals surface area contributed by atoms with Crippen molar-refractivity contribution < 1.29 is 14.3 Å². The monoisotopic (exact) mass is 499 g/mol. The Morgan fingerprint density at radius 3 is 2.51 bits per heavy atom. The highest BCUT2D eigenvalue weighted by Gasteiger charge is 2.35. The van der Waals surface area contributed by atoms with E-state index in [-0.39, 0.29) is 17.7 Å². The van der Waals surface area contributed by atoms with Crippen molar-refractivity contribution in [2.75, 3.05) is 0 Å². The molecule has 0 saturated carbocycles. The molecule has 1 aliphatic heterocycles. The summed E-state index contributed by atoms with van der Waals surface area (Å²) < 4.78 is 6.17. The molecule has 1 aliphatic rings. The van der Waals surface area contributed by atoms with Crippen molar-refractivity contribution in [1.29, 1.82) is 0 Å². The van der Waals surface area contributed by atoms with Gasteiger partial charge < -0.3 is 4.74 Å². The first kappa shape index (κ1) is 23.2. The van der Waals surface area contributed by atoms with Gasteiger partial charge in [-0.3, -0.25) is 14.5 Å². The number of hydrogen-bond donors (Lipinski definition) is 0. The standard InChI is InChI=1S/C29H22ClNO3S/c1-19-5-4-6-21(15-19)17-31-28(32)27(35-29(31)33)16-25-24-8-3-2-7-22(24)11-14-26(25)34-18-20-9-12-23(30)13-10-20/h2-16H,17-18H2,1H3/b27-16-. The summed E-state index contributed by atoms with van der Waals surface area (Å²) in [4.78, 5) is 27.7. The molecular formula is C29H22ClNO3S. The van der Waals surface area contributed by atoms with Crippen LogP contribution in [0.5, 0.6) is 5.75 Å². The van der Waals surface area contributed by atoms with Crippen molar-refractivity contribution in [3.05, 3.63) is 117 Å². The second-order valence-corrected chi connectivity index (χ2v) is 9.80. The van der Waals surface area contributed by atoms with E-state index in [1.807, 2.05) is 91.9 Å². The van der Waals surface area contributed by atoms with Crippen LogP contribution in [0.3, 0.4) is 0 Å². The smallest absolute Gasteiger partial charge is 0.293 e. The summed E-state index contributed by atoms with van der Waals surface area (Å²) in [5, 5.41) is 2.37. The third kappa shape index (κ3) is 5.11. The third-order valence-electron chi connectivity index (χ3n) is 5.81. The van der Waals surface area contributed by atoms with E-state index in [4.69, 9.17) is 16.3 Å². The third-order valence-corrected chi connectivity index (χ3v) is 6.97. The highest BCUT2D eigenvalue weighted by molar-refractivity contribution is 8.18. The largest absolute Gasteiger partial charge is 0.488 e. The molecule has 1 fully saturated rings. The second-order valence-electron chi connectivity index (χ2n) is 8.37. The maximum absolute atomic E-state index is 13.2. The van der Waals surface area contributed by atoms with Gasteiger partial charge in [-0.05, 0) is 64.9 Å². The summed E-state index contributed by atoms with van der Waals surface area (Å²) in [5.41, 5.74) is 3.76. The zero-order valence-corrected chi connectivity index (χ0v) is 20.6. The van der Waals surface area contributed by atoms with Crippen LogP contribution in [-0.2, 0) is 17.9 Å². The summed E-state index contributed by atoms with van der Waals surface area (Å²) >= 11 is 6.96. The molecule has 35 heavy (non-hydrogen) atoms. The van der Waals surface area contributed by atoms with Gasteiger partial charge in [-0.25, -0.2) is 0 Å². The molecule has 0 radical (unpaired) electrons. The Morgan fingerprint density at radius 2 is 1.71 bits per heavy atom. The van der Waals surface area contributed by atoms with Gasteiger partial charge in [-0.15, -0.1) is 0 Å². The minimum absolute atomic E-state index is 0.249. The highest BCUT2D eigenvalue weighted by Crippen LogP contribution is 2.37. The predicted molar refractivity (Wildman–Crippen MR) is 142 cm³/mol. The fourth-order valence-corrected chi connectivity index (χ4v) is 5.00. The van der Waals surface area contributed by atoms with E-state index >= 15 is 0 Å². The van der Waals surface area contributed by atoms with Crippen molar-refractivity contribution in [3.8, 4) is 5.75 Å². The summed E-state index contributed by atoms with van der Waals surface area (Å²) in [6, 6.07) is 27.1. The number of amides is 2. The number of carbonyl (C=O) groups excluding carboxylic acids is 2. The Balaban J connectivity index is 1.47. The van der Waals surface area contributed by atoms with Gasteiger partial charge in [0.2, 0.25) is 0 Å². The molecule has 4 aromatic carbocycles. The molecule has 6 heteroatoms. The average Bonchev–Trinajstić information content (AvgIpc) is 3.12. The minimum Gasteiger partial charge on any atom is -0.488 e. The molecule has 0 spiro atoms. The molecule has 0 unspecified atom stereocenters. The number of carbonyl (C=O) groups is 2. The molecule has 4 aromatic rings. The normalized spacial score (nSPS) is 14.8. The quantitative estimate of drug-likeness (QED) is 0.256. The number of benzene rings is 4. The Morgan fingerprint density at radius 1 is 0.914 bits per heavy atom. The van der Waals surface area contributed by atoms with Gasteiger partial charge >= 0.3 is 0 Å². The lowest BCUT2D eigenvalue weighted by Crippen LogP contribution is -2.27. The van der Waals surface area contributed by atoms with E-state index in [2.05, 4.69) is 0 Å². The molecule has 0 aliphatic carbocycles. The molecule has 5 rings (SSSR count). The Kier molecular flexibility index (Phi) is 6.62. The Labute approximate surface area is 213 Å². The Hall–Kier alpha value is -3.54. The maximum Gasteiger partial charge on any atom is 0.293 e. The number of thioether (sulfide) groups is 1. The molecule has 174 valence electrons. The highest BCUT2D eigenvalue weighted by atomic mass is 35.5. The number of imide groups is 1. The molecule has 0 atom stereocenters. The lowest BCUT2D eigenvalue weighted by atomic mass is 10.0. The minimum atomic E-state index is -0.293. The molecule has 0 N–H and O–H groups in total. The van der Waals surface area contributed by atoms with Gasteiger partial charge in [0.25, 0.3) is 11.1 Å². The van der Waals surface area contributed by atoms with E-state index in [9.17, 15) is 9.59 Å². The number of hydrogen-bond acceptors (Lipinski definition) is 4. The topological polar surface area (TPSA) is 46.6 Å². The van der Waals surface area contributed by atoms with Crippen molar-refractivity contribution in [3.63, 3.8) is 0 Å². The fraction of sp³-hybridized carbons (Fsp3) is 0.103. The number of aryl methyl sites for hydroxylation is 1. The van der Waals surface area contributed by atoms with Crippen molar-refractivity contribution in [2.24, 2.45) is 0 Å². The van der Waals surface area contributed by atoms with Gasteiger partial charge in [-0.1, -0.05) is 83.9 Å². The number of nitrogens with zero attached hydrogens (tertiary/aromatic N) is 1. The van der Waals surface area contributed by atoms with Gasteiger partial charge in [0.1, 0.15) is 12.4 Å². The fourth-order valence-electron chi connectivity index (χ4n) is 4.05. The molecule has 0 bridgehead atoms. The van der Waals surface area contributed by atoms with Crippen LogP contribution in [0.2, 0.25) is 5.02 Å². The van der Waals surface area contributed by atoms with Crippen LogP contribution in [0.15, 0.2) is 89.8 Å². The van der Waals surface area contributed by atoms with E-state index in [0.29, 0.717) is 22.3 Å². The van der Waals surface area contributed by atoms with Crippen molar-refractivity contribution >= 4 is 51.4 Å². The summed E-state index contributed by atoms with van der Waals surface area (Å²) in [6.07, 6.45) is 1.78. The molecule has 1 saturated heterocycles. The molecular weight excluding hydrogens is 478 g/mol. The number of fused-ring (bicyclic) bond motifs is 1. The van der Waals surface area contributed by atoms with Crippen LogP contribution in [0.4, 0.5) is 4.79 Å². The lowest BCUT2D eigenvalue weighted by Gasteiger charge is -2.14. The van der Waals surface area contributed by atoms with Crippen LogP contribution in [0.1, 0.15) is 22.3 Å². The lowest BCUT2D eigenvalue weighted by molar-refractivity contribution is -0.123. The number of halogens is 1. The first-order chi connectivity index (χ1) is 17.0. The molecule has 4 nitrogen and oxygen atoms in total. The van der Waals surface area contributed by atoms with E-state index in [0.717, 1.165) is 44.8 Å². The average molecular weight is 500 g/mol. The first-order valence-electron chi connectivity index (χ1n) is 11.2. The zero-order chi connectivity index (χ0) is 24.4. The van der Waals surface area contributed by atoms with Crippen LogP contribution in [0.25, 0.3) is 16.8 Å². The number of ether oxygens (including phenoxy) is 1. The van der Waals surface area contributed by atoms with Crippen LogP contribution in [-0.4, -0.2) is 16.0 Å². The van der Waals surface area contributed by atoms with Crippen molar-refractivity contribution in [1.82, 2.24) is 4.90 Å². The van der Waals surface area contributed by atoms with E-state index in [1.165, 1.54) is 4.90 Å². The van der Waals surface area contributed by atoms with Crippen molar-refractivity contribution in [2.45, 2.75) is 20.1 Å². The van der Waals surface area contributed by atoms with Crippen LogP contribution >= 0.6 is 23.4 Å². The van der Waals surface area contributed by atoms with Gasteiger partial charge in [0.05, 0.1) is 11.4 Å². The van der Waals surface area contributed by atoms with Gasteiger partial charge in [0.15, 0.2) is 0 Å². The van der Waals surface area contributed by atoms with Gasteiger partial charge in [-0.2, -0.15) is 0 Å².